The van der Waals surface area contributed by atoms with Crippen LogP contribution in [0.25, 0.3) is 0 Å². The van der Waals surface area contributed by atoms with Crippen LogP contribution < -0.4 is 0 Å². The van der Waals surface area contributed by atoms with Crippen LogP contribution in [0.5, 0.6) is 0 Å². The van der Waals surface area contributed by atoms with Gasteiger partial charge in [0.2, 0.25) is 0 Å². The summed E-state index contributed by atoms with van der Waals surface area (Å²) >= 11 is 0. The summed E-state index contributed by atoms with van der Waals surface area (Å²) in [5.41, 5.74) is 0.796. The van der Waals surface area contributed by atoms with E-state index in [0.717, 1.165) is 31.3 Å². The van der Waals surface area contributed by atoms with Crippen molar-refractivity contribution in [1.82, 2.24) is 0 Å². The molecule has 0 fully saturated rings. The maximum atomic E-state index is 9.70. The largest absolute Gasteiger partial charge is 0.393 e. The van der Waals surface area contributed by atoms with Gasteiger partial charge >= 0.3 is 0 Å². The Morgan fingerprint density at radius 3 is 2.62 bits per heavy atom. The third-order valence-electron chi connectivity index (χ3n) is 2.31. The van der Waals surface area contributed by atoms with Gasteiger partial charge in [-0.05, 0) is 25.2 Å². The van der Waals surface area contributed by atoms with E-state index in [0.29, 0.717) is 6.42 Å². The Morgan fingerprint density at radius 2 is 2.15 bits per heavy atom. The van der Waals surface area contributed by atoms with Crippen LogP contribution in [-0.4, -0.2) is 11.2 Å². The molecule has 0 amide bonds. The van der Waals surface area contributed by atoms with Gasteiger partial charge in [0.1, 0.15) is 0 Å². The Morgan fingerprint density at radius 1 is 1.46 bits per heavy atom. The van der Waals surface area contributed by atoms with Gasteiger partial charge in [0.05, 0.1) is 8.85 Å². The van der Waals surface area contributed by atoms with E-state index in [2.05, 4.69) is 6.92 Å². The summed E-state index contributed by atoms with van der Waals surface area (Å²) in [7, 11) is 0. The molecule has 0 aliphatic heterocycles. The van der Waals surface area contributed by atoms with Crippen LogP contribution in [0.4, 0.5) is 0 Å². The third-order valence-corrected chi connectivity index (χ3v) is 2.31. The molecule has 0 bridgehead atoms. The molecule has 1 N–H and O–H groups in total. The summed E-state index contributed by atoms with van der Waals surface area (Å²) in [6.07, 6.45) is 4.17. The highest BCUT2D eigenvalue weighted by atomic mass is 16.3. The predicted octanol–water partition coefficient (Wildman–Crippen LogP) is 3.53. The van der Waals surface area contributed by atoms with Crippen molar-refractivity contribution in [2.24, 2.45) is 5.92 Å². The van der Waals surface area contributed by atoms with Crippen molar-refractivity contribution in [3.05, 3.63) is 12.1 Å². The number of hydrogen-bond donors (Lipinski definition) is 1. The summed E-state index contributed by atoms with van der Waals surface area (Å²) in [5, 5.41) is 9.70. The monoisotopic (exact) mass is 186 g/mol. The number of aliphatic hydroxyl groups excluding tert-OH is 1. The molecule has 0 radical (unpaired) electrons. The van der Waals surface area contributed by atoms with Gasteiger partial charge in [-0.3, -0.25) is 0 Å². The predicted molar refractivity (Wildman–Crippen MR) is 58.7 cm³/mol. The quantitative estimate of drug-likeness (QED) is 0.476. The van der Waals surface area contributed by atoms with Gasteiger partial charge in [-0.1, -0.05) is 45.7 Å². The zero-order chi connectivity index (χ0) is 11.8. The van der Waals surface area contributed by atoms with E-state index in [1.807, 2.05) is 13.8 Å². The van der Waals surface area contributed by atoms with Gasteiger partial charge in [-0.15, -0.1) is 0 Å². The van der Waals surface area contributed by atoms with Crippen LogP contribution >= 0.6 is 0 Å². The van der Waals surface area contributed by atoms with E-state index in [-0.39, 0.29) is 12.4 Å². The maximum absolute atomic E-state index is 9.70. The van der Waals surface area contributed by atoms with Crippen LogP contribution in [0.1, 0.15) is 55.6 Å². The fraction of sp³-hybridized carbons (Fsp3) is 0.833. The zero-order valence-electron chi connectivity index (χ0n) is 11.1. The van der Waals surface area contributed by atoms with Gasteiger partial charge in [0.15, 0.2) is 0 Å². The Hall–Kier alpha value is -0.300. The second kappa shape index (κ2) is 7.14. The molecule has 0 aromatic heterocycles. The Labute approximate surface area is 85.7 Å². The normalized spacial score (nSPS) is 15.2. The molecular weight excluding hydrogens is 160 g/mol. The summed E-state index contributed by atoms with van der Waals surface area (Å²) in [6.45, 7) is 5.95. The van der Waals surface area contributed by atoms with Crippen LogP contribution in [0.2, 0.25) is 0 Å². The van der Waals surface area contributed by atoms with Gasteiger partial charge < -0.3 is 5.11 Å². The lowest BCUT2D eigenvalue weighted by molar-refractivity contribution is 0.125. The fourth-order valence-electron chi connectivity index (χ4n) is 1.18. The molecule has 78 valence electrons. The van der Waals surface area contributed by atoms with Crippen molar-refractivity contribution in [2.45, 2.75) is 59.0 Å². The van der Waals surface area contributed by atoms with E-state index >= 15 is 0 Å². The Balaban J connectivity index is 4.13. The van der Waals surface area contributed by atoms with Crippen molar-refractivity contribution in [1.29, 1.82) is 0 Å². The minimum atomic E-state index is -0.410. The van der Waals surface area contributed by atoms with Crippen LogP contribution in [0.3, 0.4) is 0 Å². The second-order valence-electron chi connectivity index (χ2n) is 4.08. The molecule has 0 aromatic rings. The molecule has 0 aliphatic rings. The lowest BCUT2D eigenvalue weighted by atomic mass is 9.97. The van der Waals surface area contributed by atoms with E-state index in [4.69, 9.17) is 2.74 Å². The molecule has 0 rings (SSSR count). The minimum absolute atomic E-state index is 0.106. The first kappa shape index (κ1) is 9.26. The Bertz CT molecular complexity index is 196. The van der Waals surface area contributed by atoms with Crippen molar-refractivity contribution in [3.63, 3.8) is 0 Å². The molecule has 1 nitrogen and oxygen atoms in total. The van der Waals surface area contributed by atoms with E-state index in [1.165, 1.54) is 0 Å². The highest BCUT2D eigenvalue weighted by Gasteiger charge is 2.09. The van der Waals surface area contributed by atoms with Crippen LogP contribution in [0.15, 0.2) is 12.1 Å². The molecule has 0 saturated carbocycles. The standard InChI is InChI=1S/C12H24O/c1-5-6-7-8-11(4)9-12(13)10(2)3/h10,12-13H,4-9H2,1-3H3/i4D2. The van der Waals surface area contributed by atoms with Crippen molar-refractivity contribution in [3.8, 4) is 0 Å². The first-order chi connectivity index (χ1) is 6.99. The molecular formula is C12H24O. The van der Waals surface area contributed by atoms with Gasteiger partial charge in [0.25, 0.3) is 0 Å². The molecule has 1 heteroatoms. The number of hydrogen-bond acceptors (Lipinski definition) is 1. The number of aliphatic hydroxyl groups is 1. The zero-order valence-corrected chi connectivity index (χ0v) is 9.14. The molecule has 0 heterocycles. The van der Waals surface area contributed by atoms with E-state index in [1.54, 1.807) is 0 Å². The van der Waals surface area contributed by atoms with Crippen molar-refractivity contribution >= 4 is 0 Å². The second-order valence-corrected chi connectivity index (χ2v) is 4.08. The molecule has 1 atom stereocenters. The first-order valence-corrected chi connectivity index (χ1v) is 5.32. The Kier molecular flexibility index (Phi) is 5.09. The molecule has 0 spiro atoms. The van der Waals surface area contributed by atoms with Gasteiger partial charge in [0, 0.05) is 0 Å². The maximum Gasteiger partial charge on any atom is 0.0600 e. The van der Waals surface area contributed by atoms with E-state index in [9.17, 15) is 5.11 Å². The van der Waals surface area contributed by atoms with E-state index < -0.39 is 6.10 Å². The fourth-order valence-corrected chi connectivity index (χ4v) is 1.18. The van der Waals surface area contributed by atoms with Crippen LogP contribution in [-0.2, 0) is 0 Å². The summed E-state index contributed by atoms with van der Waals surface area (Å²) in [6, 6.07) is 0. The van der Waals surface area contributed by atoms with Gasteiger partial charge in [-0.2, -0.15) is 0 Å². The highest BCUT2D eigenvalue weighted by molar-refractivity contribution is 4.96. The SMILES string of the molecule is [2H]C([2H])=C(CCCCC)CC(O)C(C)C. The molecule has 0 aromatic carbocycles. The van der Waals surface area contributed by atoms with Crippen LogP contribution in [0, 0.1) is 5.92 Å². The summed E-state index contributed by atoms with van der Waals surface area (Å²) < 4.78 is 14.7. The molecule has 13 heavy (non-hydrogen) atoms. The van der Waals surface area contributed by atoms with Gasteiger partial charge in [-0.25, -0.2) is 0 Å². The summed E-state index contributed by atoms with van der Waals surface area (Å²) in [5.74, 6) is 0.200. The molecule has 1 unspecified atom stereocenters. The lowest BCUT2D eigenvalue weighted by Gasteiger charge is -2.15. The lowest BCUT2D eigenvalue weighted by Crippen LogP contribution is -2.14. The molecule has 0 aliphatic carbocycles. The molecule has 0 saturated heterocycles. The first-order valence-electron chi connectivity index (χ1n) is 6.32. The summed E-state index contributed by atoms with van der Waals surface area (Å²) in [4.78, 5) is 0. The highest BCUT2D eigenvalue weighted by Crippen LogP contribution is 2.16. The number of rotatable bonds is 7. The average molecular weight is 186 g/mol. The topological polar surface area (TPSA) is 20.2 Å². The van der Waals surface area contributed by atoms with Crippen molar-refractivity contribution < 1.29 is 7.85 Å². The number of unbranched alkanes of at least 4 members (excludes halogenated alkanes) is 2. The average Bonchev–Trinajstić information content (AvgIpc) is 2.15. The minimum Gasteiger partial charge on any atom is -0.393 e. The van der Waals surface area contributed by atoms with Crippen molar-refractivity contribution in [2.75, 3.05) is 0 Å². The third kappa shape index (κ3) is 6.83. The smallest absolute Gasteiger partial charge is 0.0600 e.